The Labute approximate surface area is 85.5 Å². The number of nitrogens with two attached hydrogens (primary N) is 1. The molecule has 0 bridgehead atoms. The van der Waals surface area contributed by atoms with Crippen LogP contribution in [-0.4, -0.2) is 20.8 Å². The zero-order chi connectivity index (χ0) is 10.6. The Morgan fingerprint density at radius 1 is 1.50 bits per heavy atom. The molecule has 1 heterocycles. The van der Waals surface area contributed by atoms with Crippen LogP contribution in [0.1, 0.15) is 33.0 Å². The molecule has 0 aromatic carbocycles. The topological polar surface area (TPSA) is 56.7 Å². The van der Waals surface area contributed by atoms with Gasteiger partial charge in [0.05, 0.1) is 0 Å². The van der Waals surface area contributed by atoms with Gasteiger partial charge in [-0.1, -0.05) is 20.3 Å². The van der Waals surface area contributed by atoms with Crippen molar-refractivity contribution in [3.05, 3.63) is 12.2 Å². The van der Waals surface area contributed by atoms with Crippen LogP contribution in [0.3, 0.4) is 0 Å². The van der Waals surface area contributed by atoms with Crippen molar-refractivity contribution in [3.8, 4) is 0 Å². The van der Waals surface area contributed by atoms with Gasteiger partial charge >= 0.3 is 0 Å². The summed E-state index contributed by atoms with van der Waals surface area (Å²) in [7, 11) is 0. The number of aryl methyl sites for hydroxylation is 1. The Morgan fingerprint density at radius 2 is 2.21 bits per heavy atom. The van der Waals surface area contributed by atoms with Gasteiger partial charge in [0.1, 0.15) is 12.2 Å². The average molecular weight is 196 g/mol. The number of aromatic nitrogens is 3. The van der Waals surface area contributed by atoms with E-state index in [2.05, 4.69) is 30.9 Å². The summed E-state index contributed by atoms with van der Waals surface area (Å²) in [6.07, 6.45) is 3.53. The summed E-state index contributed by atoms with van der Waals surface area (Å²) in [6, 6.07) is 0.189. The van der Waals surface area contributed by atoms with Gasteiger partial charge in [-0.3, -0.25) is 4.68 Å². The van der Waals surface area contributed by atoms with Crippen LogP contribution in [0.4, 0.5) is 0 Å². The number of hydrogen-bond acceptors (Lipinski definition) is 3. The van der Waals surface area contributed by atoms with Gasteiger partial charge in [-0.15, -0.1) is 0 Å². The maximum absolute atomic E-state index is 6.06. The van der Waals surface area contributed by atoms with Gasteiger partial charge in [0.2, 0.25) is 0 Å². The smallest absolute Gasteiger partial charge is 0.138 e. The SMILES string of the molecule is CCC(C)C(N)Cc1ncnn1CC. The van der Waals surface area contributed by atoms with Crippen molar-refractivity contribution in [1.82, 2.24) is 14.8 Å². The van der Waals surface area contributed by atoms with Crippen LogP contribution < -0.4 is 5.73 Å². The molecule has 4 heteroatoms. The first kappa shape index (κ1) is 11.2. The molecule has 2 atom stereocenters. The molecule has 0 amide bonds. The molecule has 2 N–H and O–H groups in total. The van der Waals surface area contributed by atoms with Crippen molar-refractivity contribution in [2.45, 2.75) is 46.2 Å². The summed E-state index contributed by atoms with van der Waals surface area (Å²) in [4.78, 5) is 4.22. The van der Waals surface area contributed by atoms with Crippen molar-refractivity contribution in [3.63, 3.8) is 0 Å². The van der Waals surface area contributed by atoms with E-state index in [0.717, 1.165) is 25.2 Å². The highest BCUT2D eigenvalue weighted by atomic mass is 15.3. The Balaban J connectivity index is 2.59. The van der Waals surface area contributed by atoms with Crippen LogP contribution >= 0.6 is 0 Å². The molecule has 0 aliphatic carbocycles. The molecule has 14 heavy (non-hydrogen) atoms. The van der Waals surface area contributed by atoms with Crippen LogP contribution in [-0.2, 0) is 13.0 Å². The van der Waals surface area contributed by atoms with E-state index in [0.29, 0.717) is 5.92 Å². The Hall–Kier alpha value is -0.900. The summed E-state index contributed by atoms with van der Waals surface area (Å²) in [5.41, 5.74) is 6.06. The van der Waals surface area contributed by atoms with Crippen molar-refractivity contribution < 1.29 is 0 Å². The van der Waals surface area contributed by atoms with E-state index in [9.17, 15) is 0 Å². The van der Waals surface area contributed by atoms with Crippen molar-refractivity contribution in [1.29, 1.82) is 0 Å². The first-order chi connectivity index (χ1) is 6.69. The molecule has 2 unspecified atom stereocenters. The molecule has 4 nitrogen and oxygen atoms in total. The normalized spacial score (nSPS) is 15.4. The van der Waals surface area contributed by atoms with E-state index in [1.807, 2.05) is 4.68 Å². The van der Waals surface area contributed by atoms with E-state index in [1.165, 1.54) is 0 Å². The molecule has 1 aromatic heterocycles. The molecule has 0 aliphatic rings. The lowest BCUT2D eigenvalue weighted by atomic mass is 9.97. The third-order valence-corrected chi connectivity index (χ3v) is 2.79. The monoisotopic (exact) mass is 196 g/mol. The largest absolute Gasteiger partial charge is 0.327 e. The fourth-order valence-corrected chi connectivity index (χ4v) is 1.43. The molecule has 0 saturated carbocycles. The predicted molar refractivity (Wildman–Crippen MR) is 56.8 cm³/mol. The van der Waals surface area contributed by atoms with E-state index >= 15 is 0 Å². The standard InChI is InChI=1S/C10H20N4/c1-4-8(3)9(11)6-10-12-7-13-14(10)5-2/h7-9H,4-6,11H2,1-3H3. The van der Waals surface area contributed by atoms with E-state index < -0.39 is 0 Å². The highest BCUT2D eigenvalue weighted by Gasteiger charge is 2.14. The summed E-state index contributed by atoms with van der Waals surface area (Å²) in [6.45, 7) is 7.27. The van der Waals surface area contributed by atoms with Crippen molar-refractivity contribution in [2.75, 3.05) is 0 Å². The van der Waals surface area contributed by atoms with Crippen molar-refractivity contribution >= 4 is 0 Å². The first-order valence-electron chi connectivity index (χ1n) is 5.31. The summed E-state index contributed by atoms with van der Waals surface area (Å²) < 4.78 is 1.90. The molecular formula is C10H20N4. The predicted octanol–water partition coefficient (Wildman–Crippen LogP) is 1.21. The van der Waals surface area contributed by atoms with Gasteiger partial charge in [0.25, 0.3) is 0 Å². The first-order valence-corrected chi connectivity index (χ1v) is 5.31. The number of hydrogen-bond donors (Lipinski definition) is 1. The third kappa shape index (κ3) is 2.54. The maximum Gasteiger partial charge on any atom is 0.138 e. The Kier molecular flexibility index (Phi) is 4.07. The number of nitrogens with zero attached hydrogens (tertiary/aromatic N) is 3. The molecule has 0 aliphatic heterocycles. The maximum atomic E-state index is 6.06. The zero-order valence-corrected chi connectivity index (χ0v) is 9.27. The summed E-state index contributed by atoms with van der Waals surface area (Å²) in [5.74, 6) is 1.54. The summed E-state index contributed by atoms with van der Waals surface area (Å²) >= 11 is 0. The average Bonchev–Trinajstić information content (AvgIpc) is 2.63. The lowest BCUT2D eigenvalue weighted by Crippen LogP contribution is -2.31. The Morgan fingerprint density at radius 3 is 2.79 bits per heavy atom. The van der Waals surface area contributed by atoms with Gasteiger partial charge in [-0.2, -0.15) is 5.10 Å². The molecule has 0 fully saturated rings. The fraction of sp³-hybridized carbons (Fsp3) is 0.800. The molecular weight excluding hydrogens is 176 g/mol. The molecule has 80 valence electrons. The molecule has 0 spiro atoms. The van der Waals surface area contributed by atoms with Crippen LogP contribution in [0.15, 0.2) is 6.33 Å². The second kappa shape index (κ2) is 5.10. The molecule has 0 radical (unpaired) electrons. The van der Waals surface area contributed by atoms with E-state index in [4.69, 9.17) is 5.73 Å². The lowest BCUT2D eigenvalue weighted by Gasteiger charge is -2.17. The van der Waals surface area contributed by atoms with Crippen LogP contribution in [0, 0.1) is 5.92 Å². The molecule has 0 saturated heterocycles. The van der Waals surface area contributed by atoms with Crippen LogP contribution in [0.5, 0.6) is 0 Å². The third-order valence-electron chi connectivity index (χ3n) is 2.79. The van der Waals surface area contributed by atoms with E-state index in [1.54, 1.807) is 6.33 Å². The van der Waals surface area contributed by atoms with Gasteiger partial charge in [-0.25, -0.2) is 4.98 Å². The highest BCUT2D eigenvalue weighted by molar-refractivity contribution is 4.89. The van der Waals surface area contributed by atoms with Gasteiger partial charge in [-0.05, 0) is 12.8 Å². The molecule has 1 aromatic rings. The quantitative estimate of drug-likeness (QED) is 0.770. The van der Waals surface area contributed by atoms with Gasteiger partial charge < -0.3 is 5.73 Å². The minimum Gasteiger partial charge on any atom is -0.327 e. The highest BCUT2D eigenvalue weighted by Crippen LogP contribution is 2.09. The second-order valence-corrected chi connectivity index (χ2v) is 3.75. The Bertz CT molecular complexity index is 269. The van der Waals surface area contributed by atoms with Crippen LogP contribution in [0.2, 0.25) is 0 Å². The minimum atomic E-state index is 0.189. The van der Waals surface area contributed by atoms with E-state index in [-0.39, 0.29) is 6.04 Å². The summed E-state index contributed by atoms with van der Waals surface area (Å²) in [5, 5.41) is 4.12. The zero-order valence-electron chi connectivity index (χ0n) is 9.27. The molecule has 1 rings (SSSR count). The van der Waals surface area contributed by atoms with Crippen molar-refractivity contribution in [2.24, 2.45) is 11.7 Å². The fourth-order valence-electron chi connectivity index (χ4n) is 1.43. The van der Waals surface area contributed by atoms with Gasteiger partial charge in [0.15, 0.2) is 0 Å². The number of rotatable bonds is 5. The second-order valence-electron chi connectivity index (χ2n) is 3.75. The lowest BCUT2D eigenvalue weighted by molar-refractivity contribution is 0.425. The minimum absolute atomic E-state index is 0.189. The van der Waals surface area contributed by atoms with Crippen LogP contribution in [0.25, 0.3) is 0 Å². The van der Waals surface area contributed by atoms with Gasteiger partial charge in [0, 0.05) is 19.0 Å².